The fourth-order valence-electron chi connectivity index (χ4n) is 3.03. The molecule has 114 valence electrons. The van der Waals surface area contributed by atoms with Crippen LogP contribution < -0.4 is 0 Å². The number of morpholine rings is 1. The lowest BCUT2D eigenvalue weighted by molar-refractivity contribution is -0.130. The number of likely N-dealkylation sites (tertiary alicyclic amines) is 1. The van der Waals surface area contributed by atoms with Crippen molar-refractivity contribution in [1.82, 2.24) is 9.80 Å². The third-order valence-electron chi connectivity index (χ3n) is 4.32. The lowest BCUT2D eigenvalue weighted by Crippen LogP contribution is -2.48. The monoisotopic (exact) mass is 312 g/mol. The van der Waals surface area contributed by atoms with E-state index in [0.717, 1.165) is 6.54 Å². The number of nitrogens with zero attached hydrogens (tertiary/aromatic N) is 2. The summed E-state index contributed by atoms with van der Waals surface area (Å²) in [6.45, 7) is 2.77. The Labute approximate surface area is 128 Å². The average molecular weight is 313 g/mol. The lowest BCUT2D eigenvalue weighted by atomic mass is 10.1. The first kappa shape index (κ1) is 14.8. The van der Waals surface area contributed by atoms with E-state index in [-0.39, 0.29) is 30.0 Å². The molecular formula is C15H18ClFN2O2. The summed E-state index contributed by atoms with van der Waals surface area (Å²) in [6.07, 6.45) is 0.0538. The van der Waals surface area contributed by atoms with E-state index in [9.17, 15) is 9.18 Å². The zero-order chi connectivity index (χ0) is 15.0. The van der Waals surface area contributed by atoms with Crippen LogP contribution in [-0.4, -0.2) is 61.1 Å². The van der Waals surface area contributed by atoms with Crippen molar-refractivity contribution in [1.29, 1.82) is 0 Å². The largest absolute Gasteiger partial charge is 0.373 e. The molecule has 0 N–H and O–H groups in total. The average Bonchev–Trinajstić information content (AvgIpc) is 2.88. The third kappa shape index (κ3) is 2.91. The number of carbonyl (C=O) groups is 1. The van der Waals surface area contributed by atoms with E-state index in [0.29, 0.717) is 24.7 Å². The third-order valence-corrected chi connectivity index (χ3v) is 4.68. The van der Waals surface area contributed by atoms with E-state index >= 15 is 0 Å². The number of rotatable bonds is 2. The highest BCUT2D eigenvalue weighted by molar-refractivity contribution is 6.31. The van der Waals surface area contributed by atoms with Crippen molar-refractivity contribution in [2.75, 3.05) is 33.3 Å². The molecule has 6 heteroatoms. The highest BCUT2D eigenvalue weighted by atomic mass is 35.5. The van der Waals surface area contributed by atoms with Crippen molar-refractivity contribution in [2.24, 2.45) is 0 Å². The fraction of sp³-hybridized carbons (Fsp3) is 0.533. The van der Waals surface area contributed by atoms with E-state index in [1.54, 1.807) is 17.0 Å². The molecule has 2 fully saturated rings. The summed E-state index contributed by atoms with van der Waals surface area (Å²) in [4.78, 5) is 16.4. The van der Waals surface area contributed by atoms with Gasteiger partial charge in [-0.15, -0.1) is 0 Å². The van der Waals surface area contributed by atoms with Crippen LogP contribution in [-0.2, 0) is 16.0 Å². The van der Waals surface area contributed by atoms with Gasteiger partial charge in [-0.05, 0) is 19.2 Å². The fourth-order valence-corrected chi connectivity index (χ4v) is 3.26. The van der Waals surface area contributed by atoms with Gasteiger partial charge in [0.05, 0.1) is 25.2 Å². The summed E-state index contributed by atoms with van der Waals surface area (Å²) < 4.78 is 19.5. The van der Waals surface area contributed by atoms with Gasteiger partial charge in [-0.2, -0.15) is 0 Å². The van der Waals surface area contributed by atoms with Crippen LogP contribution in [0.15, 0.2) is 18.2 Å². The Hall–Kier alpha value is -1.17. The quantitative estimate of drug-likeness (QED) is 0.831. The zero-order valence-electron chi connectivity index (χ0n) is 11.9. The topological polar surface area (TPSA) is 32.8 Å². The minimum Gasteiger partial charge on any atom is -0.373 e. The van der Waals surface area contributed by atoms with E-state index in [1.807, 2.05) is 7.05 Å². The molecule has 3 rings (SSSR count). The predicted octanol–water partition coefficient (Wildman–Crippen LogP) is 1.56. The van der Waals surface area contributed by atoms with Crippen LogP contribution in [0.3, 0.4) is 0 Å². The number of fused-ring (bicyclic) bond motifs is 1. The van der Waals surface area contributed by atoms with Gasteiger partial charge in [0.2, 0.25) is 5.91 Å². The van der Waals surface area contributed by atoms with Crippen LogP contribution in [0, 0.1) is 5.82 Å². The summed E-state index contributed by atoms with van der Waals surface area (Å²) in [5, 5.41) is 0.299. The first-order valence-corrected chi connectivity index (χ1v) is 7.46. The summed E-state index contributed by atoms with van der Waals surface area (Å²) in [5.41, 5.74) is 0.272. The Morgan fingerprint density at radius 1 is 1.48 bits per heavy atom. The minimum atomic E-state index is -0.430. The van der Waals surface area contributed by atoms with Gasteiger partial charge in [0, 0.05) is 30.2 Å². The van der Waals surface area contributed by atoms with Gasteiger partial charge in [0.25, 0.3) is 0 Å². The van der Waals surface area contributed by atoms with Gasteiger partial charge in [-0.25, -0.2) is 4.39 Å². The molecule has 2 saturated heterocycles. The molecular weight excluding hydrogens is 295 g/mol. The second kappa shape index (κ2) is 5.91. The SMILES string of the molecule is CN1CCO[C@@H]2CN(C(=O)Cc3c(F)cccc3Cl)C[C@@H]21. The van der Waals surface area contributed by atoms with Crippen molar-refractivity contribution in [3.63, 3.8) is 0 Å². The van der Waals surface area contributed by atoms with Gasteiger partial charge >= 0.3 is 0 Å². The maximum absolute atomic E-state index is 13.8. The highest BCUT2D eigenvalue weighted by Crippen LogP contribution is 2.24. The van der Waals surface area contributed by atoms with E-state index in [4.69, 9.17) is 16.3 Å². The molecule has 0 radical (unpaired) electrons. The van der Waals surface area contributed by atoms with Crippen LogP contribution in [0.25, 0.3) is 0 Å². The van der Waals surface area contributed by atoms with Crippen LogP contribution in [0.4, 0.5) is 4.39 Å². The summed E-state index contributed by atoms with van der Waals surface area (Å²) in [7, 11) is 2.04. The Morgan fingerprint density at radius 2 is 2.29 bits per heavy atom. The van der Waals surface area contributed by atoms with Crippen molar-refractivity contribution < 1.29 is 13.9 Å². The Balaban J connectivity index is 1.69. The molecule has 2 aliphatic heterocycles. The molecule has 2 atom stereocenters. The van der Waals surface area contributed by atoms with Crippen molar-refractivity contribution in [3.8, 4) is 0 Å². The minimum absolute atomic E-state index is 0.00530. The molecule has 0 aliphatic carbocycles. The summed E-state index contributed by atoms with van der Waals surface area (Å²) >= 11 is 5.98. The number of amides is 1. The van der Waals surface area contributed by atoms with E-state index < -0.39 is 5.82 Å². The van der Waals surface area contributed by atoms with Crippen molar-refractivity contribution >= 4 is 17.5 Å². The van der Waals surface area contributed by atoms with Gasteiger partial charge in [0.15, 0.2) is 0 Å². The molecule has 1 aromatic carbocycles. The Bertz CT molecular complexity index is 534. The van der Waals surface area contributed by atoms with E-state index in [1.165, 1.54) is 6.07 Å². The van der Waals surface area contributed by atoms with Crippen molar-refractivity contribution in [2.45, 2.75) is 18.6 Å². The second-order valence-corrected chi connectivity index (χ2v) is 6.04. The highest BCUT2D eigenvalue weighted by Gasteiger charge is 2.40. The summed E-state index contributed by atoms with van der Waals surface area (Å²) in [6, 6.07) is 4.71. The first-order chi connectivity index (χ1) is 10.1. The van der Waals surface area contributed by atoms with Crippen LogP contribution in [0.5, 0.6) is 0 Å². The number of likely N-dealkylation sites (N-methyl/N-ethyl adjacent to an activating group) is 1. The van der Waals surface area contributed by atoms with Crippen LogP contribution >= 0.6 is 11.6 Å². The number of hydrogen-bond donors (Lipinski definition) is 0. The number of carbonyl (C=O) groups excluding carboxylic acids is 1. The molecule has 2 heterocycles. The van der Waals surface area contributed by atoms with E-state index in [2.05, 4.69) is 4.90 Å². The molecule has 0 bridgehead atoms. The molecule has 0 saturated carbocycles. The second-order valence-electron chi connectivity index (χ2n) is 5.63. The first-order valence-electron chi connectivity index (χ1n) is 7.09. The smallest absolute Gasteiger partial charge is 0.227 e. The van der Waals surface area contributed by atoms with Crippen LogP contribution in [0.1, 0.15) is 5.56 Å². The predicted molar refractivity (Wildman–Crippen MR) is 77.9 cm³/mol. The Kier molecular flexibility index (Phi) is 4.15. The molecule has 0 aromatic heterocycles. The molecule has 1 aromatic rings. The zero-order valence-corrected chi connectivity index (χ0v) is 12.6. The number of ether oxygens (including phenoxy) is 1. The summed E-state index contributed by atoms with van der Waals surface area (Å²) in [5.74, 6) is -0.533. The molecule has 0 spiro atoms. The number of halogens is 2. The van der Waals surface area contributed by atoms with Crippen LogP contribution in [0.2, 0.25) is 5.02 Å². The normalized spacial score (nSPS) is 26.0. The maximum Gasteiger partial charge on any atom is 0.227 e. The van der Waals surface area contributed by atoms with Crippen molar-refractivity contribution in [3.05, 3.63) is 34.6 Å². The molecule has 4 nitrogen and oxygen atoms in total. The lowest BCUT2D eigenvalue weighted by Gasteiger charge is -2.33. The van der Waals surface area contributed by atoms with Gasteiger partial charge < -0.3 is 9.64 Å². The Morgan fingerprint density at radius 3 is 3.00 bits per heavy atom. The molecule has 21 heavy (non-hydrogen) atoms. The standard InChI is InChI=1S/C15H18ClFN2O2/c1-18-5-6-21-14-9-19(8-13(14)18)15(20)7-10-11(16)3-2-4-12(10)17/h2-4,13-14H,5-9H2,1H3/t13-,14+/m0/s1. The molecule has 2 aliphatic rings. The molecule has 0 unspecified atom stereocenters. The number of hydrogen-bond acceptors (Lipinski definition) is 3. The number of benzene rings is 1. The molecule has 1 amide bonds. The maximum atomic E-state index is 13.8. The van der Waals surface area contributed by atoms with Gasteiger partial charge in [-0.1, -0.05) is 17.7 Å². The van der Waals surface area contributed by atoms with Gasteiger partial charge in [0.1, 0.15) is 5.82 Å². The van der Waals surface area contributed by atoms with Gasteiger partial charge in [-0.3, -0.25) is 9.69 Å².